The first-order chi connectivity index (χ1) is 8.52. The third-order valence-corrected chi connectivity index (χ3v) is 3.46. The molecule has 0 aromatic carbocycles. The lowest BCUT2D eigenvalue weighted by molar-refractivity contribution is -0.388. The molecule has 0 spiro atoms. The summed E-state index contributed by atoms with van der Waals surface area (Å²) in [7, 11) is 1.69. The zero-order valence-electron chi connectivity index (χ0n) is 10.4. The second-order valence-corrected chi connectivity index (χ2v) is 4.92. The highest BCUT2D eigenvalue weighted by molar-refractivity contribution is 5.52. The highest BCUT2D eigenvalue weighted by Gasteiger charge is 2.30. The average molecular weight is 254 g/mol. The Morgan fingerprint density at radius 1 is 1.56 bits per heavy atom. The molecule has 1 heterocycles. The molecule has 1 aromatic heterocycles. The number of rotatable bonds is 4. The van der Waals surface area contributed by atoms with Crippen molar-refractivity contribution in [3.05, 3.63) is 16.4 Å². The van der Waals surface area contributed by atoms with Crippen molar-refractivity contribution in [3.63, 3.8) is 0 Å². The second-order valence-electron chi connectivity index (χ2n) is 4.92. The van der Waals surface area contributed by atoms with E-state index in [9.17, 15) is 15.2 Å². The molecule has 1 aromatic rings. The van der Waals surface area contributed by atoms with E-state index in [0.717, 1.165) is 32.1 Å². The lowest BCUT2D eigenvalue weighted by Gasteiger charge is -2.32. The van der Waals surface area contributed by atoms with Crippen LogP contribution in [0, 0.1) is 10.1 Å². The van der Waals surface area contributed by atoms with E-state index in [0.29, 0.717) is 12.4 Å². The van der Waals surface area contributed by atoms with Crippen LogP contribution in [0.5, 0.6) is 0 Å². The molecule has 0 aliphatic heterocycles. The highest BCUT2D eigenvalue weighted by atomic mass is 16.6. The molecule has 2 rings (SSSR count). The van der Waals surface area contributed by atoms with E-state index < -0.39 is 10.5 Å². The minimum atomic E-state index is -0.754. The molecule has 7 heteroatoms. The summed E-state index contributed by atoms with van der Waals surface area (Å²) in [5.74, 6) is 0.149. The van der Waals surface area contributed by atoms with Crippen molar-refractivity contribution in [1.82, 2.24) is 9.55 Å². The number of aryl methyl sites for hydroxylation is 1. The van der Waals surface area contributed by atoms with Crippen LogP contribution in [0.1, 0.15) is 32.1 Å². The predicted molar refractivity (Wildman–Crippen MR) is 66.4 cm³/mol. The Kier molecular flexibility index (Phi) is 3.51. The zero-order chi connectivity index (χ0) is 13.2. The van der Waals surface area contributed by atoms with E-state index in [1.54, 1.807) is 11.6 Å². The van der Waals surface area contributed by atoms with Crippen LogP contribution in [0.3, 0.4) is 0 Å². The molecule has 0 radical (unpaired) electrons. The van der Waals surface area contributed by atoms with Gasteiger partial charge in [-0.1, -0.05) is 19.3 Å². The molecule has 0 unspecified atom stereocenters. The maximum absolute atomic E-state index is 10.8. The monoisotopic (exact) mass is 254 g/mol. The van der Waals surface area contributed by atoms with Gasteiger partial charge in [-0.15, -0.1) is 0 Å². The first-order valence-electron chi connectivity index (χ1n) is 6.14. The number of hydrogen-bond acceptors (Lipinski definition) is 5. The molecule has 7 nitrogen and oxygen atoms in total. The van der Waals surface area contributed by atoms with Gasteiger partial charge in [0.1, 0.15) is 0 Å². The highest BCUT2D eigenvalue weighted by Crippen LogP contribution is 2.29. The smallest absolute Gasteiger partial charge is 0.388 e. The molecular weight excluding hydrogens is 236 g/mol. The maximum atomic E-state index is 10.8. The molecule has 1 fully saturated rings. The van der Waals surface area contributed by atoms with Crippen LogP contribution < -0.4 is 5.32 Å². The summed E-state index contributed by atoms with van der Waals surface area (Å²) >= 11 is 0. The minimum absolute atomic E-state index is 0.197. The van der Waals surface area contributed by atoms with Gasteiger partial charge >= 0.3 is 5.82 Å². The summed E-state index contributed by atoms with van der Waals surface area (Å²) in [6.07, 6.45) is 6.04. The molecule has 1 aliphatic rings. The number of aliphatic hydroxyl groups is 1. The normalized spacial score (nSPS) is 18.6. The fraction of sp³-hybridized carbons (Fsp3) is 0.727. The van der Waals surface area contributed by atoms with Gasteiger partial charge in [-0.25, -0.2) is 0 Å². The summed E-state index contributed by atoms with van der Waals surface area (Å²) in [6, 6.07) is 0. The lowest BCUT2D eigenvalue weighted by atomic mass is 9.85. The van der Waals surface area contributed by atoms with Gasteiger partial charge in [0.15, 0.2) is 0 Å². The average Bonchev–Trinajstić information content (AvgIpc) is 2.69. The Bertz CT molecular complexity index is 437. The molecular formula is C11H18N4O3. The van der Waals surface area contributed by atoms with Gasteiger partial charge < -0.3 is 20.5 Å². The molecule has 1 aliphatic carbocycles. The van der Waals surface area contributed by atoms with Crippen LogP contribution in [0.4, 0.5) is 11.6 Å². The fourth-order valence-corrected chi connectivity index (χ4v) is 2.39. The Labute approximate surface area is 105 Å². The van der Waals surface area contributed by atoms with Crippen LogP contribution in [0.2, 0.25) is 0 Å². The molecule has 2 N–H and O–H groups in total. The summed E-state index contributed by atoms with van der Waals surface area (Å²) in [6.45, 7) is 0.327. The Hall–Kier alpha value is -1.63. The number of nitrogens with one attached hydrogen (secondary N) is 1. The van der Waals surface area contributed by atoms with Crippen LogP contribution in [-0.2, 0) is 7.05 Å². The van der Waals surface area contributed by atoms with Gasteiger partial charge in [0.05, 0.1) is 5.60 Å². The molecule has 0 bridgehead atoms. The number of imidazole rings is 1. The Morgan fingerprint density at radius 2 is 2.22 bits per heavy atom. The lowest BCUT2D eigenvalue weighted by Crippen LogP contribution is -2.39. The Balaban J connectivity index is 2.05. The fourth-order valence-electron chi connectivity index (χ4n) is 2.39. The van der Waals surface area contributed by atoms with Crippen molar-refractivity contribution in [2.24, 2.45) is 7.05 Å². The number of anilines is 1. The predicted octanol–water partition coefficient (Wildman–Crippen LogP) is 1.44. The van der Waals surface area contributed by atoms with Crippen LogP contribution in [-0.4, -0.2) is 31.7 Å². The van der Waals surface area contributed by atoms with Crippen molar-refractivity contribution in [1.29, 1.82) is 0 Å². The van der Waals surface area contributed by atoms with Crippen molar-refractivity contribution in [2.75, 3.05) is 11.9 Å². The quantitative estimate of drug-likeness (QED) is 0.626. The molecule has 18 heavy (non-hydrogen) atoms. The van der Waals surface area contributed by atoms with E-state index in [1.165, 1.54) is 6.33 Å². The maximum Gasteiger partial charge on any atom is 0.406 e. The topological polar surface area (TPSA) is 93.2 Å². The van der Waals surface area contributed by atoms with Crippen molar-refractivity contribution < 1.29 is 10.0 Å². The SMILES string of the molecule is Cn1cnc([N+](=O)[O-])c1NCC1(O)CCCCC1. The van der Waals surface area contributed by atoms with Gasteiger partial charge in [0.2, 0.25) is 12.1 Å². The third kappa shape index (κ3) is 2.61. The summed E-state index contributed by atoms with van der Waals surface area (Å²) in [5.41, 5.74) is -0.754. The number of nitro groups is 1. The third-order valence-electron chi connectivity index (χ3n) is 3.46. The van der Waals surface area contributed by atoms with Gasteiger partial charge in [-0.2, -0.15) is 0 Å². The molecule has 100 valence electrons. The standard InChI is InChI=1S/C11H18N4O3/c1-14-8-13-10(15(17)18)9(14)12-7-11(16)5-3-2-4-6-11/h8,12,16H,2-7H2,1H3. The second kappa shape index (κ2) is 4.93. The zero-order valence-corrected chi connectivity index (χ0v) is 10.4. The van der Waals surface area contributed by atoms with Crippen molar-refractivity contribution in [3.8, 4) is 0 Å². The van der Waals surface area contributed by atoms with Gasteiger partial charge in [-0.05, 0) is 22.7 Å². The van der Waals surface area contributed by atoms with Crippen molar-refractivity contribution in [2.45, 2.75) is 37.7 Å². The number of hydrogen-bond donors (Lipinski definition) is 2. The van der Waals surface area contributed by atoms with E-state index in [4.69, 9.17) is 0 Å². The van der Waals surface area contributed by atoms with E-state index in [-0.39, 0.29) is 5.82 Å². The van der Waals surface area contributed by atoms with Crippen LogP contribution in [0.25, 0.3) is 0 Å². The first kappa shape index (κ1) is 12.8. The van der Waals surface area contributed by atoms with Gasteiger partial charge in [0, 0.05) is 13.6 Å². The summed E-state index contributed by atoms with van der Waals surface area (Å²) in [5, 5.41) is 24.1. The van der Waals surface area contributed by atoms with Crippen LogP contribution in [0.15, 0.2) is 6.33 Å². The van der Waals surface area contributed by atoms with E-state index >= 15 is 0 Å². The molecule has 0 amide bonds. The molecule has 0 saturated heterocycles. The van der Waals surface area contributed by atoms with Crippen LogP contribution >= 0.6 is 0 Å². The van der Waals surface area contributed by atoms with Gasteiger partial charge in [-0.3, -0.25) is 4.57 Å². The Morgan fingerprint density at radius 3 is 2.83 bits per heavy atom. The number of aromatic nitrogens is 2. The number of nitrogens with zero attached hydrogens (tertiary/aromatic N) is 3. The first-order valence-corrected chi connectivity index (χ1v) is 6.14. The van der Waals surface area contributed by atoms with Gasteiger partial charge in [0.25, 0.3) is 0 Å². The minimum Gasteiger partial charge on any atom is -0.388 e. The van der Waals surface area contributed by atoms with Crippen molar-refractivity contribution >= 4 is 11.6 Å². The summed E-state index contributed by atoms with van der Waals surface area (Å²) < 4.78 is 1.56. The summed E-state index contributed by atoms with van der Waals surface area (Å²) in [4.78, 5) is 14.0. The van der Waals surface area contributed by atoms with E-state index in [1.807, 2.05) is 0 Å². The largest absolute Gasteiger partial charge is 0.406 e. The molecule has 1 saturated carbocycles. The van der Waals surface area contributed by atoms with E-state index in [2.05, 4.69) is 10.3 Å². The molecule has 0 atom stereocenters.